The van der Waals surface area contributed by atoms with Gasteiger partial charge in [-0.05, 0) is 24.8 Å². The number of carbonyl (C=O) groups is 1. The van der Waals surface area contributed by atoms with Gasteiger partial charge in [-0.25, -0.2) is 4.79 Å². The van der Waals surface area contributed by atoms with Gasteiger partial charge in [-0.2, -0.15) is 0 Å². The second-order valence-electron chi connectivity index (χ2n) is 2.81. The van der Waals surface area contributed by atoms with Crippen molar-refractivity contribution in [3.63, 3.8) is 0 Å². The Kier molecular flexibility index (Phi) is 5.23. The highest BCUT2D eigenvalue weighted by molar-refractivity contribution is 5.87. The summed E-state index contributed by atoms with van der Waals surface area (Å²) in [5.41, 5.74) is 0.464. The third-order valence-corrected chi connectivity index (χ3v) is 1.75. The molecule has 1 aliphatic rings. The van der Waals surface area contributed by atoms with E-state index in [1.807, 2.05) is 11.1 Å². The fourth-order valence-electron chi connectivity index (χ4n) is 1.18. The van der Waals surface area contributed by atoms with E-state index < -0.39 is 5.97 Å². The molecule has 0 fully saturated rings. The first-order chi connectivity index (χ1) is 5.74. The van der Waals surface area contributed by atoms with Gasteiger partial charge in [0.2, 0.25) is 0 Å². The van der Waals surface area contributed by atoms with Crippen molar-refractivity contribution in [2.24, 2.45) is 0 Å². The van der Waals surface area contributed by atoms with Crippen LogP contribution in [-0.2, 0) is 4.79 Å². The lowest BCUT2D eigenvalue weighted by atomic mass is 10.2. The molecule has 0 unspecified atom stereocenters. The van der Waals surface area contributed by atoms with E-state index in [1.165, 1.54) is 0 Å². The average Bonchev–Trinajstić information content (AvgIpc) is 2.05. The van der Waals surface area contributed by atoms with E-state index in [4.69, 9.17) is 5.11 Å². The van der Waals surface area contributed by atoms with Crippen LogP contribution in [0.5, 0.6) is 0 Å². The Balaban J connectivity index is 0.00000144. The quantitative estimate of drug-likeness (QED) is 0.759. The molecule has 1 N–H and O–H groups in total. The van der Waals surface area contributed by atoms with Gasteiger partial charge < -0.3 is 10.0 Å². The van der Waals surface area contributed by atoms with Crippen molar-refractivity contribution in [2.45, 2.75) is 13.3 Å². The van der Waals surface area contributed by atoms with Gasteiger partial charge in [0.1, 0.15) is 0 Å². The van der Waals surface area contributed by atoms with Gasteiger partial charge in [0.25, 0.3) is 0 Å². The van der Waals surface area contributed by atoms with E-state index in [0.29, 0.717) is 12.1 Å². The number of nitrogens with zero attached hydrogens (tertiary/aromatic N) is 1. The molecule has 0 radical (unpaired) electrons. The van der Waals surface area contributed by atoms with Gasteiger partial charge in [-0.1, -0.05) is 6.92 Å². The van der Waals surface area contributed by atoms with Crippen molar-refractivity contribution in [1.29, 1.82) is 0 Å². The summed E-state index contributed by atoms with van der Waals surface area (Å²) in [6, 6.07) is 0. The summed E-state index contributed by atoms with van der Waals surface area (Å²) in [6.07, 6.45) is 6.39. The summed E-state index contributed by atoms with van der Waals surface area (Å²) < 4.78 is 0. The zero-order valence-electron chi connectivity index (χ0n) is 7.56. The maximum atomic E-state index is 10.6. The molecular formula is C9H14ClNO2. The van der Waals surface area contributed by atoms with Crippen LogP contribution in [0.2, 0.25) is 0 Å². The van der Waals surface area contributed by atoms with Gasteiger partial charge in [0, 0.05) is 13.1 Å². The van der Waals surface area contributed by atoms with Crippen molar-refractivity contribution >= 4 is 18.4 Å². The molecule has 1 aliphatic heterocycles. The van der Waals surface area contributed by atoms with Crippen LogP contribution < -0.4 is 0 Å². The monoisotopic (exact) mass is 203 g/mol. The van der Waals surface area contributed by atoms with E-state index in [-0.39, 0.29) is 12.4 Å². The summed E-state index contributed by atoms with van der Waals surface area (Å²) in [5, 5.41) is 8.70. The number of hydrogen-bond donors (Lipinski definition) is 1. The van der Waals surface area contributed by atoms with Gasteiger partial charge >= 0.3 is 5.97 Å². The fraction of sp³-hybridized carbons (Fsp3) is 0.444. The Hall–Kier alpha value is -0.960. The molecule has 0 aliphatic carbocycles. The molecule has 1 rings (SSSR count). The van der Waals surface area contributed by atoms with Crippen molar-refractivity contribution in [1.82, 2.24) is 4.90 Å². The molecule has 4 heteroatoms. The first kappa shape index (κ1) is 12.0. The molecule has 74 valence electrons. The lowest BCUT2D eigenvalue weighted by Gasteiger charge is -2.22. The predicted molar refractivity (Wildman–Crippen MR) is 54.0 cm³/mol. The van der Waals surface area contributed by atoms with Crippen LogP contribution in [0.3, 0.4) is 0 Å². The van der Waals surface area contributed by atoms with Crippen LogP contribution in [0.25, 0.3) is 0 Å². The Morgan fingerprint density at radius 3 is 2.92 bits per heavy atom. The zero-order chi connectivity index (χ0) is 8.97. The number of carboxylic acids is 1. The van der Waals surface area contributed by atoms with Gasteiger partial charge in [-0.3, -0.25) is 0 Å². The Morgan fingerprint density at radius 2 is 2.38 bits per heavy atom. The summed E-state index contributed by atoms with van der Waals surface area (Å²) in [4.78, 5) is 12.6. The van der Waals surface area contributed by atoms with Crippen molar-refractivity contribution < 1.29 is 9.90 Å². The van der Waals surface area contributed by atoms with E-state index in [9.17, 15) is 4.79 Å². The number of allylic oxidation sites excluding steroid dienone is 2. The number of rotatable bonds is 3. The van der Waals surface area contributed by atoms with E-state index in [2.05, 4.69) is 6.92 Å². The maximum Gasteiger partial charge on any atom is 0.333 e. The minimum atomic E-state index is -0.819. The largest absolute Gasteiger partial charge is 0.478 e. The van der Waals surface area contributed by atoms with E-state index >= 15 is 0 Å². The number of aliphatic carboxylic acids is 1. The highest BCUT2D eigenvalue weighted by atomic mass is 35.5. The Morgan fingerprint density at radius 1 is 1.69 bits per heavy atom. The molecular weight excluding hydrogens is 190 g/mol. The summed E-state index contributed by atoms with van der Waals surface area (Å²) >= 11 is 0. The van der Waals surface area contributed by atoms with Gasteiger partial charge in [0.05, 0.1) is 5.57 Å². The molecule has 1 heterocycles. The van der Waals surface area contributed by atoms with Gasteiger partial charge in [0.15, 0.2) is 0 Å². The molecule has 0 aromatic rings. The highest BCUT2D eigenvalue weighted by Gasteiger charge is 2.11. The van der Waals surface area contributed by atoms with Crippen molar-refractivity contribution in [3.05, 3.63) is 23.9 Å². The van der Waals surface area contributed by atoms with Crippen LogP contribution in [0, 0.1) is 0 Å². The predicted octanol–water partition coefficient (Wildman–Crippen LogP) is 1.66. The molecule has 0 saturated carbocycles. The number of carboxylic acid groups (broad SMARTS) is 1. The number of halogens is 1. The van der Waals surface area contributed by atoms with E-state index in [0.717, 1.165) is 13.0 Å². The lowest BCUT2D eigenvalue weighted by Crippen LogP contribution is -2.25. The van der Waals surface area contributed by atoms with Crippen LogP contribution in [0.1, 0.15) is 13.3 Å². The first-order valence-corrected chi connectivity index (χ1v) is 4.08. The molecule has 3 nitrogen and oxygen atoms in total. The molecule has 13 heavy (non-hydrogen) atoms. The second kappa shape index (κ2) is 5.65. The van der Waals surface area contributed by atoms with Crippen LogP contribution in [-0.4, -0.2) is 29.1 Å². The summed E-state index contributed by atoms with van der Waals surface area (Å²) in [6.45, 7) is 3.52. The molecule has 0 saturated heterocycles. The third kappa shape index (κ3) is 3.51. The Labute approximate surface area is 84.1 Å². The van der Waals surface area contributed by atoms with Crippen molar-refractivity contribution in [3.8, 4) is 0 Å². The minimum Gasteiger partial charge on any atom is -0.478 e. The standard InChI is InChI=1S/C9H13NO2.ClH/c1-2-5-10-6-3-4-8(7-10)9(11)12;/h3-4,6H,2,5,7H2,1H3,(H,11,12);1H. The second-order valence-corrected chi connectivity index (χ2v) is 2.81. The molecule has 0 aromatic heterocycles. The molecule has 0 amide bonds. The van der Waals surface area contributed by atoms with Crippen LogP contribution in [0.4, 0.5) is 0 Å². The first-order valence-electron chi connectivity index (χ1n) is 4.08. The average molecular weight is 204 g/mol. The van der Waals surface area contributed by atoms with Crippen LogP contribution >= 0.6 is 12.4 Å². The smallest absolute Gasteiger partial charge is 0.333 e. The summed E-state index contributed by atoms with van der Waals surface area (Å²) in [7, 11) is 0. The SMILES string of the molecule is CCCN1C=CC=C(C(=O)O)C1.Cl. The van der Waals surface area contributed by atoms with Gasteiger partial charge in [-0.15, -0.1) is 12.4 Å². The topological polar surface area (TPSA) is 40.5 Å². The lowest BCUT2D eigenvalue weighted by molar-refractivity contribution is -0.132. The maximum absolute atomic E-state index is 10.6. The fourth-order valence-corrected chi connectivity index (χ4v) is 1.18. The third-order valence-electron chi connectivity index (χ3n) is 1.75. The number of hydrogen-bond acceptors (Lipinski definition) is 2. The molecule has 0 spiro atoms. The minimum absolute atomic E-state index is 0. The summed E-state index contributed by atoms with van der Waals surface area (Å²) in [5.74, 6) is -0.819. The zero-order valence-corrected chi connectivity index (χ0v) is 8.38. The van der Waals surface area contributed by atoms with Crippen molar-refractivity contribution in [2.75, 3.05) is 13.1 Å². The normalized spacial score (nSPS) is 14.8. The van der Waals surface area contributed by atoms with E-state index in [1.54, 1.807) is 12.2 Å². The Bertz CT molecular complexity index is 236. The molecule has 0 bridgehead atoms. The molecule has 0 aromatic carbocycles. The molecule has 0 atom stereocenters. The highest BCUT2D eigenvalue weighted by Crippen LogP contribution is 2.07. The van der Waals surface area contributed by atoms with Crippen LogP contribution in [0.15, 0.2) is 23.9 Å².